The van der Waals surface area contributed by atoms with Crippen molar-refractivity contribution in [2.75, 3.05) is 13.2 Å². The zero-order valence-corrected chi connectivity index (χ0v) is 16.4. The van der Waals surface area contributed by atoms with Gasteiger partial charge in [0.25, 0.3) is 0 Å². The zero-order chi connectivity index (χ0) is 19.1. The molecule has 27 heavy (non-hydrogen) atoms. The minimum atomic E-state index is -0.438. The lowest BCUT2D eigenvalue weighted by Gasteiger charge is -2.20. The van der Waals surface area contributed by atoms with Crippen molar-refractivity contribution in [1.29, 1.82) is 0 Å². The maximum Gasteiger partial charge on any atom is 0.376 e. The van der Waals surface area contributed by atoms with Crippen molar-refractivity contribution in [3.63, 3.8) is 0 Å². The molecule has 0 atom stereocenters. The average molecular weight is 371 g/mol. The number of carbonyl (C=O) groups excluding carboxylic acids is 1. The molecule has 3 rings (SSSR count). The number of nitrogens with zero attached hydrogens (tertiary/aromatic N) is 3. The molecule has 0 saturated carbocycles. The van der Waals surface area contributed by atoms with Gasteiger partial charge in [-0.3, -0.25) is 4.57 Å². The third kappa shape index (κ3) is 4.67. The Bertz CT molecular complexity index is 770. The van der Waals surface area contributed by atoms with E-state index in [0.717, 1.165) is 48.7 Å². The molecule has 6 nitrogen and oxygen atoms in total. The normalized spacial score (nSPS) is 12.4. The highest BCUT2D eigenvalue weighted by atomic mass is 16.5. The van der Waals surface area contributed by atoms with Crippen LogP contribution in [0.4, 0.5) is 0 Å². The van der Waals surface area contributed by atoms with E-state index in [1.54, 1.807) is 6.92 Å². The summed E-state index contributed by atoms with van der Waals surface area (Å²) in [4.78, 5) is 12.2. The van der Waals surface area contributed by atoms with E-state index in [-0.39, 0.29) is 5.82 Å². The van der Waals surface area contributed by atoms with Crippen LogP contribution in [0.2, 0.25) is 0 Å². The summed E-state index contributed by atoms with van der Waals surface area (Å²) < 4.78 is 12.9. The molecule has 1 aromatic heterocycles. The quantitative estimate of drug-likeness (QED) is 0.461. The second-order valence-corrected chi connectivity index (χ2v) is 6.90. The zero-order valence-electron chi connectivity index (χ0n) is 16.4. The molecular weight excluding hydrogens is 342 g/mol. The highest BCUT2D eigenvalue weighted by molar-refractivity contribution is 5.86. The minimum absolute atomic E-state index is 0.244. The highest BCUT2D eigenvalue weighted by Gasteiger charge is 2.26. The van der Waals surface area contributed by atoms with Gasteiger partial charge in [-0.2, -0.15) is 0 Å². The maximum absolute atomic E-state index is 12.2. The van der Waals surface area contributed by atoms with Gasteiger partial charge >= 0.3 is 5.97 Å². The summed E-state index contributed by atoms with van der Waals surface area (Å²) in [5, 5.41) is 8.19. The van der Waals surface area contributed by atoms with Crippen molar-refractivity contribution in [3.05, 3.63) is 35.4 Å². The van der Waals surface area contributed by atoms with Crippen LogP contribution in [-0.2, 0) is 17.6 Å². The summed E-state index contributed by atoms with van der Waals surface area (Å²) in [5.41, 5.74) is 2.09. The van der Waals surface area contributed by atoms with Crippen molar-refractivity contribution < 1.29 is 14.3 Å². The minimum Gasteiger partial charge on any atom is -0.494 e. The van der Waals surface area contributed by atoms with Crippen molar-refractivity contribution in [2.24, 2.45) is 0 Å². The molecule has 0 spiro atoms. The summed E-state index contributed by atoms with van der Waals surface area (Å²) in [5.74, 6) is 1.49. The highest BCUT2D eigenvalue weighted by Crippen LogP contribution is 2.29. The van der Waals surface area contributed by atoms with Crippen LogP contribution in [0, 0.1) is 0 Å². The van der Waals surface area contributed by atoms with E-state index in [0.29, 0.717) is 6.61 Å². The molecule has 0 unspecified atom stereocenters. The van der Waals surface area contributed by atoms with Crippen LogP contribution in [0.15, 0.2) is 18.2 Å². The Morgan fingerprint density at radius 3 is 2.70 bits per heavy atom. The Kier molecular flexibility index (Phi) is 6.85. The Hall–Kier alpha value is -2.37. The smallest absolute Gasteiger partial charge is 0.376 e. The molecule has 2 aromatic rings. The molecule has 146 valence electrons. The van der Waals surface area contributed by atoms with Gasteiger partial charge in [-0.1, -0.05) is 39.0 Å². The van der Waals surface area contributed by atoms with Gasteiger partial charge in [0.1, 0.15) is 11.6 Å². The van der Waals surface area contributed by atoms with Gasteiger partial charge in [0, 0.05) is 6.42 Å². The van der Waals surface area contributed by atoms with E-state index >= 15 is 0 Å². The van der Waals surface area contributed by atoms with Crippen LogP contribution in [0.25, 0.3) is 5.69 Å². The van der Waals surface area contributed by atoms with Gasteiger partial charge in [-0.15, -0.1) is 10.2 Å². The summed E-state index contributed by atoms with van der Waals surface area (Å²) in [6.45, 7) is 5.08. The second kappa shape index (κ2) is 9.53. The van der Waals surface area contributed by atoms with Crippen molar-refractivity contribution in [2.45, 2.75) is 65.2 Å². The molecular formula is C21H29N3O3. The fraction of sp³-hybridized carbons (Fsp3) is 0.571. The topological polar surface area (TPSA) is 66.2 Å². The number of esters is 1. The van der Waals surface area contributed by atoms with Gasteiger partial charge in [-0.25, -0.2) is 4.79 Å². The van der Waals surface area contributed by atoms with E-state index in [2.05, 4.69) is 23.2 Å². The molecule has 0 N–H and O–H groups in total. The number of rotatable bonds is 10. The molecule has 2 heterocycles. The fourth-order valence-corrected chi connectivity index (χ4v) is 3.45. The first-order valence-corrected chi connectivity index (χ1v) is 10.1. The number of ether oxygens (including phenoxy) is 2. The molecule has 0 amide bonds. The number of carbonyl (C=O) groups is 1. The van der Waals surface area contributed by atoms with Gasteiger partial charge in [0.05, 0.1) is 18.9 Å². The molecule has 1 aliphatic rings. The first kappa shape index (κ1) is 19.4. The molecule has 0 aliphatic carbocycles. The second-order valence-electron chi connectivity index (χ2n) is 6.90. The SMILES string of the molecule is CCCCCCCCOc1ccc2c(c1)CCc1nnc(C(=O)OCC)n1-2. The molecule has 0 saturated heterocycles. The Morgan fingerprint density at radius 2 is 1.89 bits per heavy atom. The lowest BCUT2D eigenvalue weighted by molar-refractivity contribution is 0.0509. The van der Waals surface area contributed by atoms with Crippen LogP contribution >= 0.6 is 0 Å². The van der Waals surface area contributed by atoms with E-state index < -0.39 is 5.97 Å². The van der Waals surface area contributed by atoms with Gasteiger partial charge in [0.15, 0.2) is 0 Å². The Morgan fingerprint density at radius 1 is 1.07 bits per heavy atom. The Balaban J connectivity index is 1.63. The molecule has 1 aromatic carbocycles. The van der Waals surface area contributed by atoms with E-state index in [1.807, 2.05) is 16.7 Å². The molecule has 0 bridgehead atoms. The molecule has 1 aliphatic heterocycles. The summed E-state index contributed by atoms with van der Waals surface area (Å²) in [7, 11) is 0. The molecule has 0 fully saturated rings. The van der Waals surface area contributed by atoms with Crippen LogP contribution in [0.5, 0.6) is 5.75 Å². The first-order valence-electron chi connectivity index (χ1n) is 10.1. The van der Waals surface area contributed by atoms with Gasteiger partial charge in [-0.05, 0) is 43.5 Å². The molecule has 6 heteroatoms. The van der Waals surface area contributed by atoms with E-state index in [1.165, 1.54) is 32.1 Å². The monoisotopic (exact) mass is 371 g/mol. The predicted octanol–water partition coefficient (Wildman–Crippen LogP) is 4.28. The van der Waals surface area contributed by atoms with Crippen molar-refractivity contribution in [3.8, 4) is 11.4 Å². The van der Waals surface area contributed by atoms with Gasteiger partial charge < -0.3 is 9.47 Å². The van der Waals surface area contributed by atoms with Crippen LogP contribution in [0.1, 0.15) is 74.4 Å². The standard InChI is InChI=1S/C21H29N3O3/c1-3-5-6-7-8-9-14-27-17-11-12-18-16(15-17)10-13-19-22-23-20(24(18)19)21(25)26-4-2/h11-12,15H,3-10,13-14H2,1-2H3. The maximum atomic E-state index is 12.2. The van der Waals surface area contributed by atoms with Gasteiger partial charge in [0.2, 0.25) is 5.82 Å². The molecule has 0 radical (unpaired) electrons. The predicted molar refractivity (Wildman–Crippen MR) is 104 cm³/mol. The number of unbranched alkanes of at least 4 members (excludes halogenated alkanes) is 5. The lowest BCUT2D eigenvalue weighted by atomic mass is 10.0. The number of aryl methyl sites for hydroxylation is 2. The van der Waals surface area contributed by atoms with Crippen LogP contribution < -0.4 is 4.74 Å². The number of hydrogen-bond donors (Lipinski definition) is 0. The van der Waals surface area contributed by atoms with Crippen molar-refractivity contribution >= 4 is 5.97 Å². The third-order valence-electron chi connectivity index (χ3n) is 4.86. The third-order valence-corrected chi connectivity index (χ3v) is 4.86. The number of aromatic nitrogens is 3. The number of benzene rings is 1. The number of fused-ring (bicyclic) bond motifs is 3. The summed E-state index contributed by atoms with van der Waals surface area (Å²) in [6.07, 6.45) is 9.13. The lowest BCUT2D eigenvalue weighted by Crippen LogP contribution is -2.18. The summed E-state index contributed by atoms with van der Waals surface area (Å²) in [6, 6.07) is 6.02. The Labute approximate surface area is 160 Å². The first-order chi connectivity index (χ1) is 13.2. The van der Waals surface area contributed by atoms with Crippen LogP contribution in [0.3, 0.4) is 0 Å². The van der Waals surface area contributed by atoms with Crippen LogP contribution in [-0.4, -0.2) is 33.9 Å². The van der Waals surface area contributed by atoms with E-state index in [9.17, 15) is 4.79 Å². The largest absolute Gasteiger partial charge is 0.494 e. The van der Waals surface area contributed by atoms with E-state index in [4.69, 9.17) is 9.47 Å². The average Bonchev–Trinajstić information content (AvgIpc) is 3.12. The number of hydrogen-bond acceptors (Lipinski definition) is 5. The fourth-order valence-electron chi connectivity index (χ4n) is 3.45. The van der Waals surface area contributed by atoms with Crippen molar-refractivity contribution in [1.82, 2.24) is 14.8 Å². The summed E-state index contributed by atoms with van der Waals surface area (Å²) >= 11 is 0.